The smallest absolute Gasteiger partial charge is 0.189 e. The Kier molecular flexibility index (Phi) is 3.26. The zero-order valence-corrected chi connectivity index (χ0v) is 11.3. The van der Waals surface area contributed by atoms with Gasteiger partial charge < -0.3 is 9.67 Å². The average molecular weight is 263 g/mol. The predicted molar refractivity (Wildman–Crippen MR) is 72.7 cm³/mol. The molecule has 2 aromatic rings. The second-order valence-electron chi connectivity index (χ2n) is 4.74. The van der Waals surface area contributed by atoms with Crippen molar-refractivity contribution in [2.75, 3.05) is 6.26 Å². The van der Waals surface area contributed by atoms with E-state index >= 15 is 0 Å². The van der Waals surface area contributed by atoms with E-state index in [1.54, 1.807) is 11.8 Å². The van der Waals surface area contributed by atoms with Crippen molar-refractivity contribution in [3.63, 3.8) is 0 Å². The third-order valence-corrected chi connectivity index (χ3v) is 4.23. The zero-order chi connectivity index (χ0) is 12.5. The van der Waals surface area contributed by atoms with Crippen LogP contribution in [0, 0.1) is 0 Å². The monoisotopic (exact) mass is 263 g/mol. The summed E-state index contributed by atoms with van der Waals surface area (Å²) in [7, 11) is 0. The minimum atomic E-state index is 0.0709. The third kappa shape index (κ3) is 1.91. The highest BCUT2D eigenvalue weighted by Crippen LogP contribution is 2.34. The number of aromatic nitrogens is 3. The van der Waals surface area contributed by atoms with E-state index in [1.807, 2.05) is 18.5 Å². The average Bonchev–Trinajstić information content (AvgIpc) is 3.03. The van der Waals surface area contributed by atoms with E-state index in [0.29, 0.717) is 6.04 Å². The minimum Gasteiger partial charge on any atom is -0.390 e. The topological polar surface area (TPSA) is 50.9 Å². The standard InChI is InChI=1S/C13H17N3OS/c1-18-13-14-7-9-6-11(8-17)16(12(9)15-13)10-4-2-3-5-10/h6-7,10,17H,2-5,8H2,1H3. The Balaban J connectivity index is 2.17. The molecule has 4 nitrogen and oxygen atoms in total. The van der Waals surface area contributed by atoms with Gasteiger partial charge in [-0.15, -0.1) is 0 Å². The maximum Gasteiger partial charge on any atom is 0.189 e. The number of thioether (sulfide) groups is 1. The van der Waals surface area contributed by atoms with E-state index in [4.69, 9.17) is 0 Å². The van der Waals surface area contributed by atoms with Gasteiger partial charge in [0.2, 0.25) is 0 Å². The molecule has 5 heteroatoms. The molecule has 96 valence electrons. The van der Waals surface area contributed by atoms with Crippen molar-refractivity contribution in [2.45, 2.75) is 43.5 Å². The fourth-order valence-corrected chi connectivity index (χ4v) is 3.17. The summed E-state index contributed by atoms with van der Waals surface area (Å²) in [6, 6.07) is 2.51. The molecule has 1 saturated carbocycles. The lowest BCUT2D eigenvalue weighted by atomic mass is 10.2. The highest BCUT2D eigenvalue weighted by atomic mass is 32.2. The molecule has 0 unspecified atom stereocenters. The van der Waals surface area contributed by atoms with Crippen molar-refractivity contribution in [1.82, 2.24) is 14.5 Å². The largest absolute Gasteiger partial charge is 0.390 e. The van der Waals surface area contributed by atoms with Crippen LogP contribution in [0.3, 0.4) is 0 Å². The summed E-state index contributed by atoms with van der Waals surface area (Å²) in [4.78, 5) is 8.91. The molecule has 0 aliphatic heterocycles. The Morgan fingerprint density at radius 2 is 2.22 bits per heavy atom. The lowest BCUT2D eigenvalue weighted by Gasteiger charge is -2.16. The molecule has 1 fully saturated rings. The lowest BCUT2D eigenvalue weighted by molar-refractivity contribution is 0.267. The molecule has 0 radical (unpaired) electrons. The van der Waals surface area contributed by atoms with Gasteiger partial charge in [-0.2, -0.15) is 0 Å². The van der Waals surface area contributed by atoms with Crippen LogP contribution in [-0.4, -0.2) is 25.9 Å². The highest BCUT2D eigenvalue weighted by Gasteiger charge is 2.22. The summed E-state index contributed by atoms with van der Waals surface area (Å²) in [6.07, 6.45) is 8.77. The van der Waals surface area contributed by atoms with Gasteiger partial charge in [0.05, 0.1) is 6.61 Å². The van der Waals surface area contributed by atoms with Crippen molar-refractivity contribution < 1.29 is 5.11 Å². The molecule has 0 atom stereocenters. The molecule has 0 aromatic carbocycles. The number of fused-ring (bicyclic) bond motifs is 1. The molecule has 0 spiro atoms. The van der Waals surface area contributed by atoms with Crippen molar-refractivity contribution in [3.8, 4) is 0 Å². The van der Waals surface area contributed by atoms with Crippen LogP contribution < -0.4 is 0 Å². The van der Waals surface area contributed by atoms with Crippen molar-refractivity contribution in [2.24, 2.45) is 0 Å². The van der Waals surface area contributed by atoms with E-state index in [2.05, 4.69) is 14.5 Å². The Morgan fingerprint density at radius 1 is 1.44 bits per heavy atom. The van der Waals surface area contributed by atoms with Gasteiger partial charge in [-0.05, 0) is 25.2 Å². The first-order chi connectivity index (χ1) is 8.83. The summed E-state index contributed by atoms with van der Waals surface area (Å²) in [5.41, 5.74) is 1.94. The molecule has 0 saturated heterocycles. The first kappa shape index (κ1) is 12.0. The lowest BCUT2D eigenvalue weighted by Crippen LogP contribution is -2.09. The zero-order valence-electron chi connectivity index (χ0n) is 10.5. The summed E-state index contributed by atoms with van der Waals surface area (Å²) < 4.78 is 2.23. The van der Waals surface area contributed by atoms with Crippen LogP contribution in [0.5, 0.6) is 0 Å². The molecule has 18 heavy (non-hydrogen) atoms. The van der Waals surface area contributed by atoms with E-state index in [9.17, 15) is 5.11 Å². The maximum atomic E-state index is 9.53. The van der Waals surface area contributed by atoms with E-state index < -0.39 is 0 Å². The fourth-order valence-electron chi connectivity index (χ4n) is 2.84. The van der Waals surface area contributed by atoms with Gasteiger partial charge in [0.1, 0.15) is 5.65 Å². The number of aliphatic hydroxyl groups excluding tert-OH is 1. The Morgan fingerprint density at radius 3 is 2.89 bits per heavy atom. The number of nitrogens with zero attached hydrogens (tertiary/aromatic N) is 3. The highest BCUT2D eigenvalue weighted by molar-refractivity contribution is 7.98. The number of hydrogen-bond acceptors (Lipinski definition) is 4. The molecule has 0 bridgehead atoms. The molecular formula is C13H17N3OS. The van der Waals surface area contributed by atoms with Crippen LogP contribution in [0.15, 0.2) is 17.4 Å². The number of hydrogen-bond donors (Lipinski definition) is 1. The van der Waals surface area contributed by atoms with E-state index in [-0.39, 0.29) is 6.61 Å². The van der Waals surface area contributed by atoms with Gasteiger partial charge >= 0.3 is 0 Å². The second-order valence-corrected chi connectivity index (χ2v) is 5.51. The van der Waals surface area contributed by atoms with E-state index in [1.165, 1.54) is 25.7 Å². The van der Waals surface area contributed by atoms with Crippen LogP contribution in [0.4, 0.5) is 0 Å². The molecule has 0 amide bonds. The fraction of sp³-hybridized carbons (Fsp3) is 0.538. The van der Waals surface area contributed by atoms with E-state index in [0.717, 1.165) is 21.9 Å². The quantitative estimate of drug-likeness (QED) is 0.683. The van der Waals surface area contributed by atoms with Crippen molar-refractivity contribution >= 4 is 22.8 Å². The summed E-state index contributed by atoms with van der Waals surface area (Å²) in [5, 5.41) is 11.4. The summed E-state index contributed by atoms with van der Waals surface area (Å²) >= 11 is 1.55. The number of aliphatic hydroxyl groups is 1. The van der Waals surface area contributed by atoms with Gasteiger partial charge in [0.25, 0.3) is 0 Å². The first-order valence-electron chi connectivity index (χ1n) is 6.35. The van der Waals surface area contributed by atoms with Crippen LogP contribution in [0.2, 0.25) is 0 Å². The molecule has 1 N–H and O–H groups in total. The summed E-state index contributed by atoms with van der Waals surface area (Å²) in [6.45, 7) is 0.0709. The maximum absolute atomic E-state index is 9.53. The molecule has 2 aromatic heterocycles. The molecule has 3 rings (SSSR count). The van der Waals surface area contributed by atoms with Gasteiger partial charge in [-0.1, -0.05) is 24.6 Å². The Labute approximate surface area is 110 Å². The number of rotatable bonds is 3. The molecule has 1 aliphatic rings. The Hall–Kier alpha value is -1.07. The van der Waals surface area contributed by atoms with Crippen LogP contribution in [-0.2, 0) is 6.61 Å². The predicted octanol–water partition coefficient (Wildman–Crippen LogP) is 2.76. The Bertz CT molecular complexity index is 561. The van der Waals surface area contributed by atoms with Crippen LogP contribution >= 0.6 is 11.8 Å². The minimum absolute atomic E-state index is 0.0709. The second kappa shape index (κ2) is 4.90. The van der Waals surface area contributed by atoms with Gasteiger partial charge in [0, 0.05) is 23.3 Å². The van der Waals surface area contributed by atoms with Crippen molar-refractivity contribution in [3.05, 3.63) is 18.0 Å². The SMILES string of the molecule is CSc1ncc2cc(CO)n(C3CCCC3)c2n1. The van der Waals surface area contributed by atoms with Gasteiger partial charge in [0.15, 0.2) is 5.16 Å². The third-order valence-electron chi connectivity index (χ3n) is 3.67. The molecule has 2 heterocycles. The van der Waals surface area contributed by atoms with Crippen LogP contribution in [0.25, 0.3) is 11.0 Å². The van der Waals surface area contributed by atoms with Crippen molar-refractivity contribution in [1.29, 1.82) is 0 Å². The first-order valence-corrected chi connectivity index (χ1v) is 7.57. The van der Waals surface area contributed by atoms with Crippen LogP contribution in [0.1, 0.15) is 37.4 Å². The summed E-state index contributed by atoms with van der Waals surface area (Å²) in [5.74, 6) is 0. The normalized spacial score (nSPS) is 16.8. The molecule has 1 aliphatic carbocycles. The molecular weight excluding hydrogens is 246 g/mol. The van der Waals surface area contributed by atoms with Gasteiger partial charge in [-0.3, -0.25) is 0 Å². The van der Waals surface area contributed by atoms with Gasteiger partial charge in [-0.25, -0.2) is 9.97 Å².